The molecule has 0 amide bonds. The van der Waals surface area contributed by atoms with Gasteiger partial charge in [-0.3, -0.25) is 0 Å². The first kappa shape index (κ1) is 11.1. The number of phenols is 1. The zero-order chi connectivity index (χ0) is 10.6. The number of hydrogen-bond donors (Lipinski definition) is 1. The molecule has 1 aromatic rings. The minimum absolute atomic E-state index is 0.334. The van der Waals surface area contributed by atoms with Gasteiger partial charge in [-0.05, 0) is 30.7 Å². The summed E-state index contributed by atoms with van der Waals surface area (Å²) in [6.07, 6.45) is 0. The fraction of sp³-hybridized carbons (Fsp3) is 0.500. The van der Waals surface area contributed by atoms with Crippen molar-refractivity contribution in [2.45, 2.75) is 20.4 Å². The van der Waals surface area contributed by atoms with Gasteiger partial charge in [-0.25, -0.2) is 0 Å². The first-order chi connectivity index (χ1) is 6.58. The fourth-order valence-corrected chi connectivity index (χ4v) is 1.60. The van der Waals surface area contributed by atoms with Crippen LogP contribution in [0.4, 0.5) is 0 Å². The molecule has 14 heavy (non-hydrogen) atoms. The lowest BCUT2D eigenvalue weighted by Gasteiger charge is -2.18. The van der Waals surface area contributed by atoms with Gasteiger partial charge in [0.15, 0.2) is 0 Å². The molecule has 0 bridgehead atoms. The Balaban J connectivity index is 2.47. The molecule has 0 fully saturated rings. The minimum Gasteiger partial charge on any atom is -0.508 e. The van der Waals surface area contributed by atoms with E-state index < -0.39 is 0 Å². The van der Waals surface area contributed by atoms with E-state index in [1.165, 1.54) is 5.56 Å². The second-order valence-corrected chi connectivity index (χ2v) is 4.26. The van der Waals surface area contributed by atoms with Crippen LogP contribution in [0.5, 0.6) is 5.75 Å². The van der Waals surface area contributed by atoms with Gasteiger partial charge in [0.25, 0.3) is 0 Å². The Morgan fingerprint density at radius 1 is 1.21 bits per heavy atom. The van der Waals surface area contributed by atoms with Crippen molar-refractivity contribution in [3.63, 3.8) is 0 Å². The molecule has 0 unspecified atom stereocenters. The first-order valence-corrected chi connectivity index (χ1v) is 5.04. The summed E-state index contributed by atoms with van der Waals surface area (Å²) in [7, 11) is 2.12. The van der Waals surface area contributed by atoms with E-state index in [2.05, 4.69) is 25.8 Å². The highest BCUT2D eigenvalue weighted by atomic mass is 16.3. The normalized spacial score (nSPS) is 11.2. The Kier molecular flexibility index (Phi) is 3.96. The maximum absolute atomic E-state index is 9.12. The molecule has 0 aliphatic rings. The van der Waals surface area contributed by atoms with E-state index in [0.29, 0.717) is 11.7 Å². The van der Waals surface area contributed by atoms with Crippen LogP contribution in [0.1, 0.15) is 19.4 Å². The van der Waals surface area contributed by atoms with Crippen LogP contribution >= 0.6 is 0 Å². The van der Waals surface area contributed by atoms with Gasteiger partial charge in [-0.2, -0.15) is 0 Å². The molecule has 1 rings (SSSR count). The fourth-order valence-electron chi connectivity index (χ4n) is 1.60. The number of nitrogens with zero attached hydrogens (tertiary/aromatic N) is 1. The van der Waals surface area contributed by atoms with Gasteiger partial charge >= 0.3 is 0 Å². The zero-order valence-electron chi connectivity index (χ0n) is 9.20. The van der Waals surface area contributed by atoms with Crippen LogP contribution in [-0.2, 0) is 6.54 Å². The van der Waals surface area contributed by atoms with E-state index in [9.17, 15) is 0 Å². The van der Waals surface area contributed by atoms with Gasteiger partial charge in [0.05, 0.1) is 0 Å². The van der Waals surface area contributed by atoms with E-state index in [-0.39, 0.29) is 0 Å². The van der Waals surface area contributed by atoms with Crippen molar-refractivity contribution in [1.82, 2.24) is 4.90 Å². The van der Waals surface area contributed by atoms with Gasteiger partial charge < -0.3 is 10.0 Å². The molecule has 0 heterocycles. The van der Waals surface area contributed by atoms with Crippen molar-refractivity contribution < 1.29 is 5.11 Å². The average Bonchev–Trinajstić information content (AvgIpc) is 2.07. The highest BCUT2D eigenvalue weighted by Gasteiger charge is 2.02. The summed E-state index contributed by atoms with van der Waals surface area (Å²) in [6, 6.07) is 7.40. The summed E-state index contributed by atoms with van der Waals surface area (Å²) in [6.45, 7) is 6.47. The lowest BCUT2D eigenvalue weighted by atomic mass is 10.1. The molecule has 0 spiro atoms. The molecule has 0 aliphatic carbocycles. The molecule has 0 saturated heterocycles. The van der Waals surface area contributed by atoms with E-state index in [1.54, 1.807) is 12.1 Å². The summed E-state index contributed by atoms with van der Waals surface area (Å²) >= 11 is 0. The highest BCUT2D eigenvalue weighted by molar-refractivity contribution is 5.25. The van der Waals surface area contributed by atoms with Crippen molar-refractivity contribution >= 4 is 0 Å². The second kappa shape index (κ2) is 5.01. The highest BCUT2D eigenvalue weighted by Crippen LogP contribution is 2.11. The van der Waals surface area contributed by atoms with Crippen molar-refractivity contribution in [3.8, 4) is 5.75 Å². The molecule has 0 aliphatic heterocycles. The average molecular weight is 193 g/mol. The Morgan fingerprint density at radius 2 is 1.79 bits per heavy atom. The summed E-state index contributed by atoms with van der Waals surface area (Å²) in [4.78, 5) is 2.29. The SMILES string of the molecule is CC(C)CN(C)Cc1ccc(O)cc1. The predicted octanol–water partition coefficient (Wildman–Crippen LogP) is 2.48. The molecule has 0 aromatic heterocycles. The lowest BCUT2D eigenvalue weighted by Crippen LogP contribution is -2.22. The summed E-state index contributed by atoms with van der Waals surface area (Å²) in [5.41, 5.74) is 1.24. The number of rotatable bonds is 4. The molecule has 2 heteroatoms. The maximum Gasteiger partial charge on any atom is 0.115 e. The van der Waals surface area contributed by atoms with E-state index in [1.807, 2.05) is 12.1 Å². The monoisotopic (exact) mass is 193 g/mol. The van der Waals surface area contributed by atoms with Crippen LogP contribution in [0.25, 0.3) is 0 Å². The first-order valence-electron chi connectivity index (χ1n) is 5.04. The van der Waals surface area contributed by atoms with Gasteiger partial charge in [0.1, 0.15) is 5.75 Å². The molecular formula is C12H19NO. The minimum atomic E-state index is 0.334. The molecule has 0 radical (unpaired) electrons. The number of aromatic hydroxyl groups is 1. The van der Waals surface area contributed by atoms with E-state index in [0.717, 1.165) is 13.1 Å². The van der Waals surface area contributed by atoms with Crippen LogP contribution in [0.15, 0.2) is 24.3 Å². The Morgan fingerprint density at radius 3 is 2.29 bits per heavy atom. The molecular weight excluding hydrogens is 174 g/mol. The van der Waals surface area contributed by atoms with Crippen LogP contribution in [-0.4, -0.2) is 23.6 Å². The summed E-state index contributed by atoms with van der Waals surface area (Å²) in [5, 5.41) is 9.12. The number of benzene rings is 1. The smallest absolute Gasteiger partial charge is 0.115 e. The predicted molar refractivity (Wildman–Crippen MR) is 59.3 cm³/mol. The lowest BCUT2D eigenvalue weighted by molar-refractivity contribution is 0.288. The second-order valence-electron chi connectivity index (χ2n) is 4.26. The van der Waals surface area contributed by atoms with Gasteiger partial charge in [0, 0.05) is 13.1 Å². The van der Waals surface area contributed by atoms with Crippen LogP contribution < -0.4 is 0 Å². The molecule has 0 atom stereocenters. The Hall–Kier alpha value is -1.02. The Bertz CT molecular complexity index is 266. The maximum atomic E-state index is 9.12. The van der Waals surface area contributed by atoms with Crippen molar-refractivity contribution in [2.75, 3.05) is 13.6 Å². The van der Waals surface area contributed by atoms with Gasteiger partial charge in [-0.15, -0.1) is 0 Å². The van der Waals surface area contributed by atoms with Crippen LogP contribution in [0, 0.1) is 5.92 Å². The zero-order valence-corrected chi connectivity index (χ0v) is 9.20. The third-order valence-electron chi connectivity index (χ3n) is 2.07. The quantitative estimate of drug-likeness (QED) is 0.794. The molecule has 2 nitrogen and oxygen atoms in total. The largest absolute Gasteiger partial charge is 0.508 e. The molecule has 78 valence electrons. The van der Waals surface area contributed by atoms with E-state index >= 15 is 0 Å². The topological polar surface area (TPSA) is 23.5 Å². The molecule has 1 aromatic carbocycles. The van der Waals surface area contributed by atoms with Crippen molar-refractivity contribution in [3.05, 3.63) is 29.8 Å². The van der Waals surface area contributed by atoms with Crippen molar-refractivity contribution in [1.29, 1.82) is 0 Å². The van der Waals surface area contributed by atoms with Gasteiger partial charge in [0.2, 0.25) is 0 Å². The van der Waals surface area contributed by atoms with Gasteiger partial charge in [-0.1, -0.05) is 26.0 Å². The number of hydrogen-bond acceptors (Lipinski definition) is 2. The third kappa shape index (κ3) is 3.79. The molecule has 0 saturated carbocycles. The van der Waals surface area contributed by atoms with Crippen LogP contribution in [0.2, 0.25) is 0 Å². The third-order valence-corrected chi connectivity index (χ3v) is 2.07. The number of phenolic OH excluding ortho intramolecular Hbond substituents is 1. The summed E-state index contributed by atoms with van der Waals surface area (Å²) < 4.78 is 0. The Labute approximate surface area is 86.2 Å². The molecule has 1 N–H and O–H groups in total. The standard InChI is InChI=1S/C12H19NO/c1-10(2)8-13(3)9-11-4-6-12(14)7-5-11/h4-7,10,14H,8-9H2,1-3H3. The van der Waals surface area contributed by atoms with Crippen molar-refractivity contribution in [2.24, 2.45) is 5.92 Å². The van der Waals surface area contributed by atoms with Crippen LogP contribution in [0.3, 0.4) is 0 Å². The summed E-state index contributed by atoms with van der Waals surface area (Å²) in [5.74, 6) is 1.03. The van der Waals surface area contributed by atoms with E-state index in [4.69, 9.17) is 5.11 Å².